The molecule has 0 N–H and O–H groups in total. The summed E-state index contributed by atoms with van der Waals surface area (Å²) < 4.78 is 53.6. The van der Waals surface area contributed by atoms with E-state index in [1.54, 1.807) is 19.1 Å². The molecule has 0 aliphatic rings. The van der Waals surface area contributed by atoms with Crippen molar-refractivity contribution in [2.24, 2.45) is 0 Å². The van der Waals surface area contributed by atoms with Crippen LogP contribution >= 0.6 is 0 Å². The number of rotatable bonds is 4. The fourth-order valence-corrected chi connectivity index (χ4v) is 1.81. The molecule has 0 spiro atoms. The topological polar surface area (TPSA) is 29.0 Å². The first-order chi connectivity index (χ1) is 9.54. The van der Waals surface area contributed by atoms with Crippen LogP contribution in [0.5, 0.6) is 0 Å². The first-order valence-corrected chi connectivity index (χ1v) is 5.88. The normalized spacial score (nSPS) is 10.7. The quantitative estimate of drug-likeness (QED) is 0.638. The summed E-state index contributed by atoms with van der Waals surface area (Å²) in [6, 6.07) is 3.29. The zero-order valence-electron chi connectivity index (χ0n) is 10.6. The molecule has 0 atom stereocenters. The van der Waals surface area contributed by atoms with Crippen LogP contribution in [0, 0.1) is 23.5 Å². The molecule has 0 unspecified atom stereocenters. The number of anilines is 1. The molecular formula is C13H11F4N3. The minimum Gasteiger partial charge on any atom is -0.362 e. The average Bonchev–Trinajstić information content (AvgIpc) is 2.45. The Bertz CT molecular complexity index is 578. The highest BCUT2D eigenvalue weighted by Crippen LogP contribution is 2.27. The third-order valence-electron chi connectivity index (χ3n) is 2.80. The Balaban J connectivity index is 2.42. The second-order valence-corrected chi connectivity index (χ2v) is 4.04. The van der Waals surface area contributed by atoms with Crippen molar-refractivity contribution in [3.05, 3.63) is 53.6 Å². The van der Waals surface area contributed by atoms with E-state index in [9.17, 15) is 17.6 Å². The SMILES string of the molecule is CCN(Cc1ccncc1)c1c(F)c(F)nc(F)c1F. The van der Waals surface area contributed by atoms with Crippen molar-refractivity contribution in [3.63, 3.8) is 0 Å². The van der Waals surface area contributed by atoms with Gasteiger partial charge in [0.15, 0.2) is 0 Å². The summed E-state index contributed by atoms with van der Waals surface area (Å²) in [5, 5.41) is 0. The molecule has 0 radical (unpaired) electrons. The van der Waals surface area contributed by atoms with Crippen LogP contribution in [0.2, 0.25) is 0 Å². The van der Waals surface area contributed by atoms with Gasteiger partial charge in [-0.3, -0.25) is 4.98 Å². The van der Waals surface area contributed by atoms with Gasteiger partial charge in [0.25, 0.3) is 11.9 Å². The van der Waals surface area contributed by atoms with Crippen molar-refractivity contribution in [1.29, 1.82) is 0 Å². The average molecular weight is 285 g/mol. The lowest BCUT2D eigenvalue weighted by Crippen LogP contribution is -2.25. The maximum absolute atomic E-state index is 13.7. The second-order valence-electron chi connectivity index (χ2n) is 4.04. The zero-order chi connectivity index (χ0) is 14.7. The largest absolute Gasteiger partial charge is 0.362 e. The molecule has 2 heterocycles. The number of pyridine rings is 2. The smallest absolute Gasteiger partial charge is 0.253 e. The molecule has 20 heavy (non-hydrogen) atoms. The number of nitrogens with zero attached hydrogens (tertiary/aromatic N) is 3. The van der Waals surface area contributed by atoms with E-state index in [4.69, 9.17) is 0 Å². The molecule has 2 aromatic heterocycles. The molecule has 0 aliphatic carbocycles. The van der Waals surface area contributed by atoms with Crippen molar-refractivity contribution in [3.8, 4) is 0 Å². The summed E-state index contributed by atoms with van der Waals surface area (Å²) in [7, 11) is 0. The second kappa shape index (κ2) is 5.85. The van der Waals surface area contributed by atoms with Crippen molar-refractivity contribution in [1.82, 2.24) is 9.97 Å². The van der Waals surface area contributed by atoms with E-state index in [1.807, 2.05) is 0 Å². The van der Waals surface area contributed by atoms with Gasteiger partial charge in [-0.05, 0) is 24.6 Å². The summed E-state index contributed by atoms with van der Waals surface area (Å²) in [6.07, 6.45) is 3.03. The van der Waals surface area contributed by atoms with E-state index >= 15 is 0 Å². The Morgan fingerprint density at radius 1 is 1.00 bits per heavy atom. The van der Waals surface area contributed by atoms with Crippen LogP contribution in [0.25, 0.3) is 0 Å². The molecule has 7 heteroatoms. The maximum Gasteiger partial charge on any atom is 0.253 e. The fraction of sp³-hybridized carbons (Fsp3) is 0.231. The van der Waals surface area contributed by atoms with Gasteiger partial charge in [-0.15, -0.1) is 0 Å². The van der Waals surface area contributed by atoms with Crippen molar-refractivity contribution in [2.75, 3.05) is 11.4 Å². The monoisotopic (exact) mass is 285 g/mol. The highest BCUT2D eigenvalue weighted by atomic mass is 19.2. The van der Waals surface area contributed by atoms with Crippen molar-refractivity contribution < 1.29 is 17.6 Å². The van der Waals surface area contributed by atoms with Crippen LogP contribution in [0.4, 0.5) is 23.2 Å². The van der Waals surface area contributed by atoms with Crippen LogP contribution in [0.15, 0.2) is 24.5 Å². The van der Waals surface area contributed by atoms with E-state index in [-0.39, 0.29) is 13.1 Å². The molecule has 0 bridgehead atoms. The summed E-state index contributed by atoms with van der Waals surface area (Å²) in [4.78, 5) is 7.54. The molecule has 2 rings (SSSR count). The molecule has 0 saturated heterocycles. The van der Waals surface area contributed by atoms with Gasteiger partial charge in [-0.25, -0.2) is 0 Å². The van der Waals surface area contributed by atoms with Gasteiger partial charge >= 0.3 is 0 Å². The lowest BCUT2D eigenvalue weighted by Gasteiger charge is -2.24. The Kier molecular flexibility index (Phi) is 4.16. The first-order valence-electron chi connectivity index (χ1n) is 5.88. The van der Waals surface area contributed by atoms with E-state index in [0.29, 0.717) is 5.56 Å². The first kappa shape index (κ1) is 14.2. The molecule has 3 nitrogen and oxygen atoms in total. The standard InChI is InChI=1S/C13H11F4N3/c1-2-20(7-8-3-5-18-6-4-8)11-9(14)12(16)19-13(17)10(11)15/h3-6H,2,7H2,1H3. The molecule has 0 aliphatic heterocycles. The van der Waals surface area contributed by atoms with Crippen LogP contribution < -0.4 is 4.90 Å². The summed E-state index contributed by atoms with van der Waals surface area (Å²) >= 11 is 0. The third kappa shape index (κ3) is 2.71. The summed E-state index contributed by atoms with van der Waals surface area (Å²) in [5.41, 5.74) is -0.0485. The minimum atomic E-state index is -1.66. The third-order valence-corrected chi connectivity index (χ3v) is 2.80. The van der Waals surface area contributed by atoms with E-state index < -0.39 is 29.2 Å². The lowest BCUT2D eigenvalue weighted by atomic mass is 10.2. The molecule has 0 aromatic carbocycles. The highest BCUT2D eigenvalue weighted by Gasteiger charge is 2.24. The van der Waals surface area contributed by atoms with Gasteiger partial charge in [-0.2, -0.15) is 22.5 Å². The molecule has 0 amide bonds. The fourth-order valence-electron chi connectivity index (χ4n) is 1.81. The Morgan fingerprint density at radius 3 is 2.05 bits per heavy atom. The number of hydrogen-bond acceptors (Lipinski definition) is 3. The maximum atomic E-state index is 13.7. The summed E-state index contributed by atoms with van der Waals surface area (Å²) in [6.45, 7) is 1.88. The van der Waals surface area contributed by atoms with Gasteiger partial charge in [-0.1, -0.05) is 0 Å². The Morgan fingerprint density at radius 2 is 1.55 bits per heavy atom. The number of hydrogen-bond donors (Lipinski definition) is 0. The van der Waals surface area contributed by atoms with Gasteiger partial charge in [0, 0.05) is 25.5 Å². The van der Waals surface area contributed by atoms with Gasteiger partial charge in [0.05, 0.1) is 0 Å². The predicted octanol–water partition coefficient (Wildman–Crippen LogP) is 3.06. The Labute approximate surface area is 112 Å². The highest BCUT2D eigenvalue weighted by molar-refractivity contribution is 5.48. The van der Waals surface area contributed by atoms with Crippen LogP contribution in [0.3, 0.4) is 0 Å². The van der Waals surface area contributed by atoms with Crippen LogP contribution in [0.1, 0.15) is 12.5 Å². The van der Waals surface area contributed by atoms with Gasteiger partial charge in [0.2, 0.25) is 11.6 Å². The zero-order valence-corrected chi connectivity index (χ0v) is 10.6. The van der Waals surface area contributed by atoms with E-state index in [0.717, 1.165) is 0 Å². The molecule has 0 saturated carbocycles. The van der Waals surface area contributed by atoms with Crippen LogP contribution in [-0.2, 0) is 6.54 Å². The number of halogens is 4. The molecular weight excluding hydrogens is 274 g/mol. The molecule has 106 valence electrons. The van der Waals surface area contributed by atoms with Gasteiger partial charge < -0.3 is 4.90 Å². The minimum absolute atomic E-state index is 0.0930. The Hall–Kier alpha value is -2.18. The lowest BCUT2D eigenvalue weighted by molar-refractivity contribution is 0.405. The van der Waals surface area contributed by atoms with E-state index in [1.165, 1.54) is 17.3 Å². The van der Waals surface area contributed by atoms with Crippen molar-refractivity contribution >= 4 is 5.69 Å². The summed E-state index contributed by atoms with van der Waals surface area (Å²) in [5.74, 6) is -6.32. The molecule has 0 fully saturated rings. The van der Waals surface area contributed by atoms with E-state index in [2.05, 4.69) is 9.97 Å². The van der Waals surface area contributed by atoms with Gasteiger partial charge in [0.1, 0.15) is 5.69 Å². The molecule has 2 aromatic rings. The van der Waals surface area contributed by atoms with Crippen molar-refractivity contribution in [2.45, 2.75) is 13.5 Å². The predicted molar refractivity (Wildman–Crippen MR) is 65.0 cm³/mol. The van der Waals surface area contributed by atoms with Crippen LogP contribution in [-0.4, -0.2) is 16.5 Å². The number of aromatic nitrogens is 2.